The highest BCUT2D eigenvalue weighted by molar-refractivity contribution is 6.33. The molecule has 0 bridgehead atoms. The minimum atomic E-state index is -0.697. The van der Waals surface area contributed by atoms with Gasteiger partial charge in [-0.25, -0.2) is 0 Å². The van der Waals surface area contributed by atoms with Crippen molar-refractivity contribution in [3.05, 3.63) is 56.6 Å². The van der Waals surface area contributed by atoms with Crippen LogP contribution in [0.1, 0.15) is 6.92 Å². The van der Waals surface area contributed by atoms with E-state index in [1.165, 1.54) is 30.5 Å². The fourth-order valence-electron chi connectivity index (χ4n) is 2.64. The molecule has 0 spiro atoms. The molecule has 2 aromatic rings. The maximum Gasteiger partial charge on any atom is 0.291 e. The van der Waals surface area contributed by atoms with Gasteiger partial charge in [0, 0.05) is 11.2 Å². The number of halogens is 2. The second-order valence-corrected chi connectivity index (χ2v) is 6.70. The molecule has 144 valence electrons. The SMILES string of the molecule is COc1cc([N+](=O)[O-])c(Cl)cc1N=CC1C(=O)N(c2cccc(Cl)c2)N=C1C. The molecule has 1 atom stereocenters. The van der Waals surface area contributed by atoms with Crippen molar-refractivity contribution < 1.29 is 14.5 Å². The highest BCUT2D eigenvalue weighted by Gasteiger charge is 2.33. The van der Waals surface area contributed by atoms with E-state index in [9.17, 15) is 14.9 Å². The van der Waals surface area contributed by atoms with Crippen molar-refractivity contribution in [3.8, 4) is 5.75 Å². The van der Waals surface area contributed by atoms with Crippen LogP contribution in [0.2, 0.25) is 10.0 Å². The minimum Gasteiger partial charge on any atom is -0.494 e. The van der Waals surface area contributed by atoms with E-state index in [1.807, 2.05) is 0 Å². The summed E-state index contributed by atoms with van der Waals surface area (Å²) in [6.07, 6.45) is 1.41. The van der Waals surface area contributed by atoms with Gasteiger partial charge in [0.1, 0.15) is 16.6 Å². The number of hydrogen-bond donors (Lipinski definition) is 0. The molecule has 1 unspecified atom stereocenters. The lowest BCUT2D eigenvalue weighted by molar-refractivity contribution is -0.384. The molecule has 1 aliphatic heterocycles. The molecule has 2 aromatic carbocycles. The first-order valence-electron chi connectivity index (χ1n) is 8.02. The fraction of sp³-hybridized carbons (Fsp3) is 0.167. The second-order valence-electron chi connectivity index (χ2n) is 5.86. The van der Waals surface area contributed by atoms with Crippen molar-refractivity contribution in [3.63, 3.8) is 0 Å². The molecule has 28 heavy (non-hydrogen) atoms. The van der Waals surface area contributed by atoms with Crippen molar-refractivity contribution >= 4 is 58.1 Å². The number of nitro groups is 1. The van der Waals surface area contributed by atoms with Gasteiger partial charge in [0.2, 0.25) is 0 Å². The Morgan fingerprint density at radius 3 is 2.71 bits per heavy atom. The quantitative estimate of drug-likeness (QED) is 0.399. The number of carbonyl (C=O) groups is 1. The zero-order valence-corrected chi connectivity index (χ0v) is 16.3. The standard InChI is InChI=1S/C18H14Cl2N4O4/c1-10-13(18(25)23(22-10)12-5-3-4-11(19)6-12)9-21-15-7-14(20)16(24(26)27)8-17(15)28-2/h3-9,13H,1-2H3. The second kappa shape index (κ2) is 7.95. The Labute approximate surface area is 170 Å². The summed E-state index contributed by atoms with van der Waals surface area (Å²) in [5.74, 6) is -0.827. The average Bonchev–Trinajstić information content (AvgIpc) is 2.93. The Morgan fingerprint density at radius 2 is 2.07 bits per heavy atom. The molecule has 1 heterocycles. The third kappa shape index (κ3) is 3.83. The Morgan fingerprint density at radius 1 is 1.32 bits per heavy atom. The van der Waals surface area contributed by atoms with Crippen molar-refractivity contribution in [1.82, 2.24) is 0 Å². The number of methoxy groups -OCH3 is 1. The maximum atomic E-state index is 12.7. The molecule has 0 saturated heterocycles. The number of nitrogens with zero attached hydrogens (tertiary/aromatic N) is 4. The third-order valence-corrected chi connectivity index (χ3v) is 4.58. The molecule has 0 radical (unpaired) electrons. The first-order valence-corrected chi connectivity index (χ1v) is 8.78. The van der Waals surface area contributed by atoms with Crippen LogP contribution in [-0.4, -0.2) is 29.9 Å². The normalized spacial score (nSPS) is 16.6. The molecule has 1 amide bonds. The van der Waals surface area contributed by atoms with Crippen LogP contribution in [-0.2, 0) is 4.79 Å². The van der Waals surface area contributed by atoms with E-state index >= 15 is 0 Å². The topological polar surface area (TPSA) is 97.4 Å². The molecule has 0 aromatic heterocycles. The van der Waals surface area contributed by atoms with E-state index in [0.717, 1.165) is 0 Å². The van der Waals surface area contributed by atoms with Gasteiger partial charge in [0.05, 0.1) is 29.5 Å². The zero-order valence-electron chi connectivity index (χ0n) is 14.8. The van der Waals surface area contributed by atoms with E-state index in [2.05, 4.69) is 10.1 Å². The van der Waals surface area contributed by atoms with Crippen molar-refractivity contribution in [2.24, 2.45) is 16.0 Å². The molecule has 8 nitrogen and oxygen atoms in total. The van der Waals surface area contributed by atoms with Crippen molar-refractivity contribution in [2.45, 2.75) is 6.92 Å². The number of carbonyl (C=O) groups excluding carboxylic acids is 1. The van der Waals surface area contributed by atoms with Crippen LogP contribution in [0.3, 0.4) is 0 Å². The lowest BCUT2D eigenvalue weighted by atomic mass is 10.1. The Hall–Kier alpha value is -2.97. The number of ether oxygens (including phenoxy) is 1. The number of anilines is 1. The first-order chi connectivity index (χ1) is 13.3. The third-order valence-electron chi connectivity index (χ3n) is 4.04. The Balaban J connectivity index is 1.89. The van der Waals surface area contributed by atoms with E-state index in [0.29, 0.717) is 16.4 Å². The highest BCUT2D eigenvalue weighted by atomic mass is 35.5. The monoisotopic (exact) mass is 420 g/mol. The Bertz CT molecular complexity index is 1020. The predicted molar refractivity (Wildman–Crippen MR) is 108 cm³/mol. The van der Waals surface area contributed by atoms with Gasteiger partial charge < -0.3 is 4.74 Å². The molecule has 0 aliphatic carbocycles. The lowest BCUT2D eigenvalue weighted by Gasteiger charge is -2.13. The summed E-state index contributed by atoms with van der Waals surface area (Å²) in [7, 11) is 1.36. The van der Waals surface area contributed by atoms with E-state index in [4.69, 9.17) is 27.9 Å². The van der Waals surface area contributed by atoms with Gasteiger partial charge in [-0.3, -0.25) is 19.9 Å². The summed E-state index contributed by atoms with van der Waals surface area (Å²) < 4.78 is 5.15. The van der Waals surface area contributed by atoms with Crippen LogP contribution in [0.25, 0.3) is 0 Å². The van der Waals surface area contributed by atoms with Crippen molar-refractivity contribution in [2.75, 3.05) is 12.1 Å². The summed E-state index contributed by atoms with van der Waals surface area (Å²) in [5.41, 5.74) is 1.06. The molecule has 3 rings (SSSR count). The van der Waals surface area contributed by atoms with Crippen LogP contribution in [0, 0.1) is 16.0 Å². The summed E-state index contributed by atoms with van der Waals surface area (Å²) in [6.45, 7) is 1.71. The molecule has 1 aliphatic rings. The molecule has 0 saturated carbocycles. The van der Waals surface area contributed by atoms with Crippen LogP contribution in [0.4, 0.5) is 17.1 Å². The van der Waals surface area contributed by atoms with Crippen LogP contribution in [0.5, 0.6) is 5.75 Å². The average molecular weight is 421 g/mol. The smallest absolute Gasteiger partial charge is 0.291 e. The number of hydrazone groups is 1. The van der Waals surface area contributed by atoms with Crippen LogP contribution in [0.15, 0.2) is 46.5 Å². The molecule has 0 N–H and O–H groups in total. The highest BCUT2D eigenvalue weighted by Crippen LogP contribution is 2.37. The number of hydrogen-bond acceptors (Lipinski definition) is 6. The van der Waals surface area contributed by atoms with Gasteiger partial charge in [0.15, 0.2) is 5.75 Å². The molecule has 10 heteroatoms. The number of aliphatic imine (C=N–C) groups is 1. The number of benzene rings is 2. The van der Waals surface area contributed by atoms with E-state index in [-0.39, 0.29) is 28.1 Å². The summed E-state index contributed by atoms with van der Waals surface area (Å²) in [4.78, 5) is 27.4. The van der Waals surface area contributed by atoms with E-state index < -0.39 is 10.8 Å². The zero-order chi connectivity index (χ0) is 20.4. The van der Waals surface area contributed by atoms with Crippen LogP contribution >= 0.6 is 23.2 Å². The lowest BCUT2D eigenvalue weighted by Crippen LogP contribution is -2.27. The molecular formula is C18H14Cl2N4O4. The molecular weight excluding hydrogens is 407 g/mol. The summed E-state index contributed by atoms with van der Waals surface area (Å²) in [5, 5.41) is 16.9. The molecule has 0 fully saturated rings. The number of nitro benzene ring substituents is 1. The summed E-state index contributed by atoms with van der Waals surface area (Å²) >= 11 is 11.9. The first kappa shape index (κ1) is 19.8. The predicted octanol–water partition coefficient (Wildman–Crippen LogP) is 4.65. The number of amides is 1. The van der Waals surface area contributed by atoms with Crippen LogP contribution < -0.4 is 9.75 Å². The van der Waals surface area contributed by atoms with Crippen molar-refractivity contribution in [1.29, 1.82) is 0 Å². The maximum absolute atomic E-state index is 12.7. The van der Waals surface area contributed by atoms with E-state index in [1.54, 1.807) is 31.2 Å². The van der Waals surface area contributed by atoms with Gasteiger partial charge in [-0.15, -0.1) is 0 Å². The van der Waals surface area contributed by atoms with Gasteiger partial charge in [-0.2, -0.15) is 10.1 Å². The van der Waals surface area contributed by atoms with Gasteiger partial charge in [0.25, 0.3) is 11.6 Å². The Kier molecular flexibility index (Phi) is 5.62. The number of rotatable bonds is 5. The fourth-order valence-corrected chi connectivity index (χ4v) is 3.05. The van der Waals surface area contributed by atoms with Gasteiger partial charge in [-0.1, -0.05) is 29.3 Å². The largest absolute Gasteiger partial charge is 0.494 e. The van der Waals surface area contributed by atoms with Gasteiger partial charge in [-0.05, 0) is 31.2 Å². The minimum absolute atomic E-state index is 0.0818. The van der Waals surface area contributed by atoms with Gasteiger partial charge >= 0.3 is 0 Å². The summed E-state index contributed by atoms with van der Waals surface area (Å²) in [6, 6.07) is 9.28.